The Labute approximate surface area is 157 Å². The number of fused-ring (bicyclic) bond motifs is 1. The molecule has 1 atom stereocenters. The van der Waals surface area contributed by atoms with E-state index in [0.29, 0.717) is 17.0 Å². The van der Waals surface area contributed by atoms with Crippen LogP contribution in [0.5, 0.6) is 0 Å². The lowest BCUT2D eigenvalue weighted by Gasteiger charge is -2.25. The van der Waals surface area contributed by atoms with Crippen LogP contribution >= 0.6 is 11.3 Å². The largest absolute Gasteiger partial charge is 0.444 e. The lowest BCUT2D eigenvalue weighted by Crippen LogP contribution is -2.34. The fraction of sp³-hybridized carbons (Fsp3) is 0.647. The number of hydrogen-bond acceptors (Lipinski definition) is 7. The van der Waals surface area contributed by atoms with Gasteiger partial charge in [0.05, 0.1) is 5.56 Å². The molecule has 0 radical (unpaired) electrons. The minimum atomic E-state index is -0.844. The summed E-state index contributed by atoms with van der Waals surface area (Å²) < 4.78 is 5.30. The number of thiophene rings is 1. The van der Waals surface area contributed by atoms with Gasteiger partial charge in [0.15, 0.2) is 6.17 Å². The fourth-order valence-electron chi connectivity index (χ4n) is 2.74. The lowest BCUT2D eigenvalue weighted by molar-refractivity contribution is 0.0636. The highest BCUT2D eigenvalue weighted by Crippen LogP contribution is 2.37. The molecule has 2 amide bonds. The van der Waals surface area contributed by atoms with Gasteiger partial charge in [0.25, 0.3) is 5.91 Å². The Morgan fingerprint density at radius 1 is 1.38 bits per heavy atom. The molecule has 8 nitrogen and oxygen atoms in total. The zero-order valence-electron chi connectivity index (χ0n) is 15.8. The lowest BCUT2D eigenvalue weighted by atomic mass is 10.0. The molecule has 1 aromatic heterocycles. The van der Waals surface area contributed by atoms with Crippen LogP contribution in [0.25, 0.3) is 0 Å². The minimum Gasteiger partial charge on any atom is -0.444 e. The SMILES string of the molecule is CCN1CCc2c(sc(NC(=O)OC(C)(C)C)c2C(=O)NC(C)N=O)C1. The zero-order valence-corrected chi connectivity index (χ0v) is 16.7. The van der Waals surface area contributed by atoms with Crippen LogP contribution in [0, 0.1) is 4.91 Å². The molecular weight excluding hydrogens is 356 g/mol. The first-order valence-corrected chi connectivity index (χ1v) is 9.46. The number of carbonyl (C=O) groups excluding carboxylic acids is 2. The molecule has 2 N–H and O–H groups in total. The minimum absolute atomic E-state index is 0.405. The van der Waals surface area contributed by atoms with Crippen molar-refractivity contribution in [2.24, 2.45) is 5.18 Å². The quantitative estimate of drug-likeness (QED) is 0.761. The molecule has 0 saturated carbocycles. The average Bonchev–Trinajstić information content (AvgIpc) is 2.89. The molecule has 1 unspecified atom stereocenters. The summed E-state index contributed by atoms with van der Waals surface area (Å²) in [5.41, 5.74) is 0.682. The van der Waals surface area contributed by atoms with Crippen molar-refractivity contribution < 1.29 is 14.3 Å². The van der Waals surface area contributed by atoms with Gasteiger partial charge in [-0.15, -0.1) is 16.2 Å². The number of ether oxygens (including phenoxy) is 1. The Bertz CT molecular complexity index is 696. The first kappa shape index (κ1) is 20.3. The third kappa shape index (κ3) is 5.01. The van der Waals surface area contributed by atoms with Crippen LogP contribution in [0.2, 0.25) is 0 Å². The molecule has 0 fully saturated rings. The van der Waals surface area contributed by atoms with E-state index in [1.54, 1.807) is 20.8 Å². The van der Waals surface area contributed by atoms with Crippen LogP contribution in [0.4, 0.5) is 9.80 Å². The van der Waals surface area contributed by atoms with Crippen LogP contribution < -0.4 is 10.6 Å². The van der Waals surface area contributed by atoms with E-state index < -0.39 is 23.8 Å². The molecule has 26 heavy (non-hydrogen) atoms. The molecule has 0 saturated heterocycles. The zero-order chi connectivity index (χ0) is 19.5. The number of rotatable bonds is 5. The van der Waals surface area contributed by atoms with E-state index in [-0.39, 0.29) is 0 Å². The van der Waals surface area contributed by atoms with Gasteiger partial charge in [-0.25, -0.2) is 4.79 Å². The summed E-state index contributed by atoms with van der Waals surface area (Å²) >= 11 is 1.38. The second kappa shape index (κ2) is 8.13. The van der Waals surface area contributed by atoms with Crippen LogP contribution in [0.15, 0.2) is 5.18 Å². The van der Waals surface area contributed by atoms with Gasteiger partial charge in [-0.1, -0.05) is 6.92 Å². The molecule has 1 aliphatic heterocycles. The van der Waals surface area contributed by atoms with Gasteiger partial charge in [-0.3, -0.25) is 15.0 Å². The van der Waals surface area contributed by atoms with E-state index in [1.165, 1.54) is 18.3 Å². The number of amides is 2. The number of anilines is 1. The Balaban J connectivity index is 2.33. The highest BCUT2D eigenvalue weighted by Gasteiger charge is 2.29. The number of carbonyl (C=O) groups is 2. The molecule has 0 aliphatic carbocycles. The summed E-state index contributed by atoms with van der Waals surface area (Å²) in [7, 11) is 0. The summed E-state index contributed by atoms with van der Waals surface area (Å²) in [6, 6.07) is 0. The van der Waals surface area contributed by atoms with Gasteiger partial charge < -0.3 is 10.1 Å². The summed E-state index contributed by atoms with van der Waals surface area (Å²) in [6.45, 7) is 11.4. The smallest absolute Gasteiger partial charge is 0.412 e. The van der Waals surface area contributed by atoms with Crippen molar-refractivity contribution in [1.82, 2.24) is 10.2 Å². The second-order valence-corrected chi connectivity index (χ2v) is 8.31. The van der Waals surface area contributed by atoms with Gasteiger partial charge >= 0.3 is 6.09 Å². The van der Waals surface area contributed by atoms with Crippen molar-refractivity contribution in [2.75, 3.05) is 18.4 Å². The third-order valence-corrected chi connectivity index (χ3v) is 5.05. The Hall–Kier alpha value is -2.00. The standard InChI is InChI=1S/C17H26N4O4S/c1-6-21-8-7-11-12(9-21)26-15(19-16(23)25-17(3,4)5)13(11)14(22)18-10(2)20-24/h10H,6-9H2,1-5H3,(H,18,22)(H,19,23). The number of hydrogen-bond donors (Lipinski definition) is 2. The topological polar surface area (TPSA) is 100 Å². The molecule has 1 aromatic rings. The maximum Gasteiger partial charge on any atom is 0.412 e. The molecule has 1 aliphatic rings. The summed E-state index contributed by atoms with van der Waals surface area (Å²) in [4.78, 5) is 38.8. The molecule has 0 bridgehead atoms. The summed E-state index contributed by atoms with van der Waals surface area (Å²) in [6.07, 6.45) is -0.747. The maximum atomic E-state index is 12.7. The molecule has 2 heterocycles. The predicted molar refractivity (Wildman–Crippen MR) is 102 cm³/mol. The highest BCUT2D eigenvalue weighted by molar-refractivity contribution is 7.17. The van der Waals surface area contributed by atoms with Crippen molar-refractivity contribution >= 4 is 28.3 Å². The van der Waals surface area contributed by atoms with Crippen LogP contribution in [-0.4, -0.2) is 41.8 Å². The Kier molecular flexibility index (Phi) is 6.35. The predicted octanol–water partition coefficient (Wildman–Crippen LogP) is 3.32. The van der Waals surface area contributed by atoms with E-state index in [1.807, 2.05) is 0 Å². The second-order valence-electron chi connectivity index (χ2n) is 7.21. The molecule has 0 spiro atoms. The van der Waals surface area contributed by atoms with Gasteiger partial charge in [0, 0.05) is 18.0 Å². The Morgan fingerprint density at radius 2 is 2.08 bits per heavy atom. The fourth-order valence-corrected chi connectivity index (χ4v) is 4.01. The average molecular weight is 382 g/mol. The number of likely N-dealkylation sites (N-methyl/N-ethyl adjacent to an activating group) is 1. The monoisotopic (exact) mass is 382 g/mol. The van der Waals surface area contributed by atoms with Crippen molar-refractivity contribution in [3.05, 3.63) is 20.9 Å². The van der Waals surface area contributed by atoms with Gasteiger partial charge in [0.1, 0.15) is 10.6 Å². The van der Waals surface area contributed by atoms with Gasteiger partial charge in [-0.2, -0.15) is 0 Å². The first-order valence-electron chi connectivity index (χ1n) is 8.64. The van der Waals surface area contributed by atoms with Crippen LogP contribution in [0.1, 0.15) is 55.4 Å². The molecule has 144 valence electrons. The first-order chi connectivity index (χ1) is 12.1. The van der Waals surface area contributed by atoms with E-state index in [2.05, 4.69) is 27.6 Å². The third-order valence-electron chi connectivity index (χ3n) is 3.92. The van der Waals surface area contributed by atoms with E-state index in [0.717, 1.165) is 30.1 Å². The number of nitrogens with one attached hydrogen (secondary N) is 2. The van der Waals surface area contributed by atoms with Gasteiger partial charge in [-0.05, 0) is 51.4 Å². The summed E-state index contributed by atoms with van der Waals surface area (Å²) in [5.74, 6) is -0.411. The van der Waals surface area contributed by atoms with Crippen molar-refractivity contribution in [3.8, 4) is 0 Å². The number of nitrogens with zero attached hydrogens (tertiary/aromatic N) is 2. The van der Waals surface area contributed by atoms with Crippen LogP contribution in [0.3, 0.4) is 0 Å². The highest BCUT2D eigenvalue weighted by atomic mass is 32.1. The van der Waals surface area contributed by atoms with Crippen molar-refractivity contribution in [2.45, 2.75) is 59.4 Å². The van der Waals surface area contributed by atoms with E-state index in [4.69, 9.17) is 4.74 Å². The normalized spacial score (nSPS) is 15.7. The van der Waals surface area contributed by atoms with E-state index in [9.17, 15) is 14.5 Å². The maximum absolute atomic E-state index is 12.7. The molecular formula is C17H26N4O4S. The molecule has 2 rings (SSSR count). The molecule has 0 aromatic carbocycles. The van der Waals surface area contributed by atoms with Crippen molar-refractivity contribution in [1.29, 1.82) is 0 Å². The van der Waals surface area contributed by atoms with Gasteiger partial charge in [0.2, 0.25) is 0 Å². The molecule has 9 heteroatoms. The summed E-state index contributed by atoms with van der Waals surface area (Å²) in [5, 5.41) is 8.51. The van der Waals surface area contributed by atoms with Crippen LogP contribution in [-0.2, 0) is 17.7 Å². The van der Waals surface area contributed by atoms with Crippen molar-refractivity contribution in [3.63, 3.8) is 0 Å². The number of nitroso groups, excluding NO2 is 1. The van der Waals surface area contributed by atoms with E-state index >= 15 is 0 Å². The Morgan fingerprint density at radius 3 is 2.65 bits per heavy atom.